The highest BCUT2D eigenvalue weighted by Crippen LogP contribution is 2.33. The van der Waals surface area contributed by atoms with E-state index in [1.165, 1.54) is 10.4 Å². The molecule has 2 aromatic rings. The van der Waals surface area contributed by atoms with Gasteiger partial charge in [-0.3, -0.25) is 9.69 Å². The van der Waals surface area contributed by atoms with Gasteiger partial charge in [-0.05, 0) is 42.5 Å². The van der Waals surface area contributed by atoms with Crippen LogP contribution in [0.1, 0.15) is 23.4 Å². The molecule has 1 unspecified atom stereocenters. The van der Waals surface area contributed by atoms with Gasteiger partial charge in [-0.25, -0.2) is 0 Å². The SMILES string of the molecule is CC1c2ccsc2CCN1CC(=O)Nc1cccc(Cl)c1Cl. The van der Waals surface area contributed by atoms with Crippen molar-refractivity contribution >= 4 is 46.1 Å². The van der Waals surface area contributed by atoms with Crippen LogP contribution < -0.4 is 5.32 Å². The highest BCUT2D eigenvalue weighted by atomic mass is 35.5. The number of rotatable bonds is 3. The Hall–Kier alpha value is -1.07. The number of carbonyl (C=O) groups is 1. The van der Waals surface area contributed by atoms with Crippen molar-refractivity contribution in [1.82, 2.24) is 4.90 Å². The summed E-state index contributed by atoms with van der Waals surface area (Å²) in [5.41, 5.74) is 1.89. The summed E-state index contributed by atoms with van der Waals surface area (Å²) in [5.74, 6) is -0.0744. The van der Waals surface area contributed by atoms with Crippen LogP contribution >= 0.6 is 34.5 Å². The average Bonchev–Trinajstić information content (AvgIpc) is 2.96. The van der Waals surface area contributed by atoms with Crippen LogP contribution in [0, 0.1) is 0 Å². The quantitative estimate of drug-likeness (QED) is 0.872. The minimum atomic E-state index is -0.0744. The minimum absolute atomic E-state index is 0.0744. The lowest BCUT2D eigenvalue weighted by Gasteiger charge is -2.32. The lowest BCUT2D eigenvalue weighted by atomic mass is 10.0. The normalized spacial score (nSPS) is 18.0. The zero-order valence-corrected chi connectivity index (χ0v) is 14.4. The Balaban J connectivity index is 1.67. The minimum Gasteiger partial charge on any atom is -0.324 e. The maximum atomic E-state index is 12.3. The largest absolute Gasteiger partial charge is 0.324 e. The Kier molecular flexibility index (Phi) is 4.73. The van der Waals surface area contributed by atoms with E-state index in [1.807, 2.05) is 0 Å². The number of amides is 1. The first kappa shape index (κ1) is 15.8. The van der Waals surface area contributed by atoms with Gasteiger partial charge in [0.05, 0.1) is 22.3 Å². The number of fused-ring (bicyclic) bond motifs is 1. The number of hydrogen-bond donors (Lipinski definition) is 1. The van der Waals surface area contributed by atoms with Gasteiger partial charge in [0.15, 0.2) is 0 Å². The smallest absolute Gasteiger partial charge is 0.238 e. The van der Waals surface area contributed by atoms with Crippen LogP contribution in [0.5, 0.6) is 0 Å². The number of carbonyl (C=O) groups excluding carboxylic acids is 1. The van der Waals surface area contributed by atoms with Crippen LogP contribution in [0.25, 0.3) is 0 Å². The number of hydrogen-bond acceptors (Lipinski definition) is 3. The van der Waals surface area contributed by atoms with Crippen molar-refractivity contribution in [2.75, 3.05) is 18.4 Å². The van der Waals surface area contributed by atoms with Gasteiger partial charge in [0.2, 0.25) is 5.91 Å². The summed E-state index contributed by atoms with van der Waals surface area (Å²) in [7, 11) is 0. The van der Waals surface area contributed by atoms with Gasteiger partial charge in [0, 0.05) is 17.5 Å². The molecule has 0 bridgehead atoms. The number of halogens is 2. The van der Waals surface area contributed by atoms with Gasteiger partial charge in [0.25, 0.3) is 0 Å². The topological polar surface area (TPSA) is 32.3 Å². The Bertz CT molecular complexity index is 701. The number of nitrogens with zero attached hydrogens (tertiary/aromatic N) is 1. The van der Waals surface area contributed by atoms with Crippen molar-refractivity contribution in [3.8, 4) is 0 Å². The highest BCUT2D eigenvalue weighted by molar-refractivity contribution is 7.10. The average molecular weight is 355 g/mol. The molecule has 3 rings (SSSR count). The molecule has 1 N–H and O–H groups in total. The number of nitrogens with one attached hydrogen (secondary N) is 1. The maximum Gasteiger partial charge on any atom is 0.238 e. The molecule has 1 aliphatic rings. The summed E-state index contributed by atoms with van der Waals surface area (Å²) >= 11 is 13.9. The molecule has 0 radical (unpaired) electrons. The Morgan fingerprint density at radius 1 is 1.41 bits per heavy atom. The van der Waals surface area contributed by atoms with E-state index in [4.69, 9.17) is 23.2 Å². The van der Waals surface area contributed by atoms with Crippen LogP contribution in [0.4, 0.5) is 5.69 Å². The molecule has 0 aliphatic carbocycles. The number of anilines is 1. The van der Waals surface area contributed by atoms with Gasteiger partial charge < -0.3 is 5.32 Å². The summed E-state index contributed by atoms with van der Waals surface area (Å²) < 4.78 is 0. The predicted molar refractivity (Wildman–Crippen MR) is 93.1 cm³/mol. The molecule has 6 heteroatoms. The molecule has 2 heterocycles. The van der Waals surface area contributed by atoms with Gasteiger partial charge in [-0.1, -0.05) is 29.3 Å². The second kappa shape index (κ2) is 6.59. The van der Waals surface area contributed by atoms with Crippen LogP contribution in [0.2, 0.25) is 10.0 Å². The Labute approximate surface area is 143 Å². The molecular weight excluding hydrogens is 339 g/mol. The van der Waals surface area contributed by atoms with Gasteiger partial charge in [-0.15, -0.1) is 11.3 Å². The van der Waals surface area contributed by atoms with Crippen LogP contribution in [-0.2, 0) is 11.2 Å². The van der Waals surface area contributed by atoms with E-state index in [1.54, 1.807) is 29.5 Å². The van der Waals surface area contributed by atoms with Crippen molar-refractivity contribution in [3.05, 3.63) is 50.1 Å². The molecule has 22 heavy (non-hydrogen) atoms. The molecular formula is C16H16Cl2N2OS. The second-order valence-corrected chi connectivity index (χ2v) is 7.13. The summed E-state index contributed by atoms with van der Waals surface area (Å²) in [6.07, 6.45) is 1.00. The fraction of sp³-hybridized carbons (Fsp3) is 0.312. The van der Waals surface area contributed by atoms with Crippen LogP contribution in [0.15, 0.2) is 29.6 Å². The predicted octanol–water partition coefficient (Wildman–Crippen LogP) is 4.61. The van der Waals surface area contributed by atoms with Gasteiger partial charge in [-0.2, -0.15) is 0 Å². The first-order valence-electron chi connectivity index (χ1n) is 7.10. The van der Waals surface area contributed by atoms with E-state index in [-0.39, 0.29) is 11.9 Å². The Morgan fingerprint density at radius 2 is 2.23 bits per heavy atom. The summed E-state index contributed by atoms with van der Waals surface area (Å²) in [5, 5.41) is 5.78. The summed E-state index contributed by atoms with van der Waals surface area (Å²) in [6.45, 7) is 3.38. The third-order valence-electron chi connectivity index (χ3n) is 3.98. The molecule has 116 valence electrons. The second-order valence-electron chi connectivity index (χ2n) is 5.35. The van der Waals surface area contributed by atoms with Crippen LogP contribution in [0.3, 0.4) is 0 Å². The monoisotopic (exact) mass is 354 g/mol. The highest BCUT2D eigenvalue weighted by Gasteiger charge is 2.26. The number of thiophene rings is 1. The molecule has 0 fully saturated rings. The zero-order valence-electron chi connectivity index (χ0n) is 12.1. The van der Waals surface area contributed by atoms with Crippen molar-refractivity contribution in [2.45, 2.75) is 19.4 Å². The third kappa shape index (κ3) is 3.15. The van der Waals surface area contributed by atoms with E-state index in [2.05, 4.69) is 28.6 Å². The number of benzene rings is 1. The van der Waals surface area contributed by atoms with Crippen molar-refractivity contribution in [1.29, 1.82) is 0 Å². The summed E-state index contributed by atoms with van der Waals surface area (Å²) in [4.78, 5) is 15.9. The zero-order chi connectivity index (χ0) is 15.7. The van der Waals surface area contributed by atoms with Gasteiger partial charge >= 0.3 is 0 Å². The lowest BCUT2D eigenvalue weighted by molar-refractivity contribution is -0.117. The molecule has 0 saturated heterocycles. The fourth-order valence-electron chi connectivity index (χ4n) is 2.75. The molecule has 1 aromatic heterocycles. The van der Waals surface area contributed by atoms with Crippen molar-refractivity contribution < 1.29 is 4.79 Å². The van der Waals surface area contributed by atoms with Crippen LogP contribution in [-0.4, -0.2) is 23.9 Å². The van der Waals surface area contributed by atoms with Gasteiger partial charge in [0.1, 0.15) is 0 Å². The molecule has 1 aliphatic heterocycles. The lowest BCUT2D eigenvalue weighted by Crippen LogP contribution is -2.39. The van der Waals surface area contributed by atoms with E-state index in [9.17, 15) is 4.79 Å². The first-order valence-corrected chi connectivity index (χ1v) is 8.74. The molecule has 3 nitrogen and oxygen atoms in total. The van der Waals surface area contributed by atoms with Crippen molar-refractivity contribution in [2.24, 2.45) is 0 Å². The molecule has 0 spiro atoms. The third-order valence-corrected chi connectivity index (χ3v) is 5.79. The molecule has 1 amide bonds. The maximum absolute atomic E-state index is 12.3. The fourth-order valence-corrected chi connectivity index (χ4v) is 4.06. The Morgan fingerprint density at radius 3 is 3.05 bits per heavy atom. The molecule has 0 saturated carbocycles. The van der Waals surface area contributed by atoms with E-state index in [0.29, 0.717) is 22.3 Å². The summed E-state index contributed by atoms with van der Waals surface area (Å²) in [6, 6.07) is 7.64. The molecule has 1 atom stereocenters. The standard InChI is InChI=1S/C16H16Cl2N2OS/c1-10-11-6-8-22-14(11)5-7-20(10)9-15(21)19-13-4-2-3-12(17)16(13)18/h2-4,6,8,10H,5,7,9H2,1H3,(H,19,21). The van der Waals surface area contributed by atoms with E-state index >= 15 is 0 Å². The van der Waals surface area contributed by atoms with E-state index < -0.39 is 0 Å². The first-order chi connectivity index (χ1) is 10.6. The molecule has 1 aromatic carbocycles. The van der Waals surface area contributed by atoms with Crippen molar-refractivity contribution in [3.63, 3.8) is 0 Å². The van der Waals surface area contributed by atoms with E-state index in [0.717, 1.165) is 13.0 Å².